The third-order valence-corrected chi connectivity index (χ3v) is 4.25. The fourth-order valence-corrected chi connectivity index (χ4v) is 3.22. The van der Waals surface area contributed by atoms with Crippen molar-refractivity contribution < 1.29 is 4.39 Å². The van der Waals surface area contributed by atoms with Crippen molar-refractivity contribution in [3.8, 4) is 0 Å². The monoisotopic (exact) mass is 293 g/mol. The Bertz CT molecular complexity index is 794. The van der Waals surface area contributed by atoms with Crippen LogP contribution in [0, 0.1) is 5.82 Å². The molecule has 0 N–H and O–H groups in total. The third-order valence-electron chi connectivity index (χ3n) is 4.25. The highest BCUT2D eigenvalue weighted by Crippen LogP contribution is 2.31. The fourth-order valence-electron chi connectivity index (χ4n) is 3.22. The molecule has 0 saturated carbocycles. The molecule has 0 amide bonds. The second-order valence-electron chi connectivity index (χ2n) is 5.60. The third kappa shape index (κ3) is 1.95. The highest BCUT2D eigenvalue weighted by atomic mass is 19.1. The smallest absolute Gasteiger partial charge is 0.132 e. The summed E-state index contributed by atoms with van der Waals surface area (Å²) in [5.74, 6) is 0.769. The molecule has 4 heteroatoms. The van der Waals surface area contributed by atoms with E-state index in [0.29, 0.717) is 12.1 Å². The number of amidine groups is 1. The van der Waals surface area contributed by atoms with Gasteiger partial charge in [0.15, 0.2) is 0 Å². The average Bonchev–Trinajstić information content (AvgIpc) is 2.82. The van der Waals surface area contributed by atoms with Gasteiger partial charge in [-0.1, -0.05) is 30.3 Å². The van der Waals surface area contributed by atoms with Crippen LogP contribution in [0.15, 0.2) is 58.5 Å². The largest absolute Gasteiger partial charge is 0.323 e. The van der Waals surface area contributed by atoms with E-state index in [-0.39, 0.29) is 11.9 Å². The van der Waals surface area contributed by atoms with Crippen molar-refractivity contribution >= 4 is 17.2 Å². The van der Waals surface area contributed by atoms with Crippen LogP contribution in [0.4, 0.5) is 10.1 Å². The second kappa shape index (κ2) is 5.05. The zero-order valence-corrected chi connectivity index (χ0v) is 12.3. The number of hydrogen-bond donors (Lipinski definition) is 0. The molecule has 0 radical (unpaired) electrons. The van der Waals surface area contributed by atoms with Gasteiger partial charge in [0.1, 0.15) is 11.7 Å². The Morgan fingerprint density at radius 3 is 2.45 bits per heavy atom. The summed E-state index contributed by atoms with van der Waals surface area (Å²) in [6.45, 7) is 3.39. The molecular weight excluding hydrogens is 277 g/mol. The summed E-state index contributed by atoms with van der Waals surface area (Å²) in [6.07, 6.45) is 0. The number of aliphatic imine (C=N–C) groups is 2. The fraction of sp³-hybridized carbons (Fsp3) is 0.222. The number of rotatable bonds is 1. The van der Waals surface area contributed by atoms with Crippen LogP contribution in [0.3, 0.4) is 0 Å². The Morgan fingerprint density at radius 2 is 1.64 bits per heavy atom. The summed E-state index contributed by atoms with van der Waals surface area (Å²) in [5, 5.41) is 0. The van der Waals surface area contributed by atoms with Crippen LogP contribution >= 0.6 is 0 Å². The van der Waals surface area contributed by atoms with Crippen LogP contribution in [-0.2, 0) is 0 Å². The Hall–Kier alpha value is -2.49. The predicted octanol–water partition coefficient (Wildman–Crippen LogP) is 3.28. The lowest BCUT2D eigenvalue weighted by Crippen LogP contribution is -2.37. The molecule has 0 aliphatic carbocycles. The highest BCUT2D eigenvalue weighted by molar-refractivity contribution is 6.18. The van der Waals surface area contributed by atoms with Gasteiger partial charge >= 0.3 is 0 Å². The molecule has 2 heterocycles. The zero-order chi connectivity index (χ0) is 15.1. The normalized spacial score (nSPS) is 19.9. The number of nitrogens with zero attached hydrogens (tertiary/aromatic N) is 3. The molecule has 3 nitrogen and oxygen atoms in total. The van der Waals surface area contributed by atoms with E-state index in [4.69, 9.17) is 4.99 Å². The molecule has 2 aromatic carbocycles. The van der Waals surface area contributed by atoms with Gasteiger partial charge in [0.2, 0.25) is 0 Å². The minimum atomic E-state index is -0.233. The summed E-state index contributed by atoms with van der Waals surface area (Å²) in [6, 6.07) is 15.1. The highest BCUT2D eigenvalue weighted by Gasteiger charge is 2.31. The van der Waals surface area contributed by atoms with Crippen LogP contribution in [0.5, 0.6) is 0 Å². The van der Waals surface area contributed by atoms with E-state index in [0.717, 1.165) is 29.3 Å². The Kier molecular flexibility index (Phi) is 3.03. The van der Waals surface area contributed by atoms with Crippen LogP contribution < -0.4 is 4.90 Å². The molecule has 22 heavy (non-hydrogen) atoms. The summed E-state index contributed by atoms with van der Waals surface area (Å²) >= 11 is 0. The van der Waals surface area contributed by atoms with Crippen LogP contribution in [0.1, 0.15) is 18.1 Å². The van der Waals surface area contributed by atoms with Gasteiger partial charge in [-0.15, -0.1) is 0 Å². The first kappa shape index (κ1) is 13.2. The number of halogens is 1. The van der Waals surface area contributed by atoms with E-state index < -0.39 is 0 Å². The van der Waals surface area contributed by atoms with Crippen LogP contribution in [-0.4, -0.2) is 30.7 Å². The van der Waals surface area contributed by atoms with E-state index in [1.165, 1.54) is 6.07 Å². The van der Waals surface area contributed by atoms with E-state index in [9.17, 15) is 4.39 Å². The van der Waals surface area contributed by atoms with Crippen LogP contribution in [0.25, 0.3) is 0 Å². The topological polar surface area (TPSA) is 28.0 Å². The standard InChI is InChI=1S/C18H16FN3/c1-12-20-10-13-11-21-18(14-6-2-4-8-16(14)19)15-7-3-5-9-17(15)22(12)13/h2-9,13H,10-11H2,1H3. The predicted molar refractivity (Wildman–Crippen MR) is 87.6 cm³/mol. The molecule has 2 aliphatic rings. The van der Waals surface area contributed by atoms with Gasteiger partial charge in [-0.05, 0) is 25.1 Å². The lowest BCUT2D eigenvalue weighted by molar-refractivity contribution is 0.625. The van der Waals surface area contributed by atoms with Crippen molar-refractivity contribution in [2.45, 2.75) is 13.0 Å². The molecule has 2 aliphatic heterocycles. The SMILES string of the molecule is CC1=NCC2CN=C(c3ccccc3F)c3ccccc3N12. The lowest BCUT2D eigenvalue weighted by Gasteiger charge is -2.25. The molecule has 1 atom stereocenters. The van der Waals surface area contributed by atoms with Crippen molar-refractivity contribution in [2.24, 2.45) is 9.98 Å². The minimum absolute atomic E-state index is 0.227. The van der Waals surface area contributed by atoms with Gasteiger partial charge in [0.05, 0.1) is 30.5 Å². The Labute approximate surface area is 128 Å². The second-order valence-corrected chi connectivity index (χ2v) is 5.60. The Morgan fingerprint density at radius 1 is 0.955 bits per heavy atom. The molecule has 0 saturated heterocycles. The lowest BCUT2D eigenvalue weighted by atomic mass is 9.99. The van der Waals surface area contributed by atoms with Crippen molar-refractivity contribution in [1.82, 2.24) is 0 Å². The Balaban J connectivity index is 1.92. The summed E-state index contributed by atoms with van der Waals surface area (Å²) in [4.78, 5) is 11.5. The molecular formula is C18H16FN3. The van der Waals surface area contributed by atoms with E-state index in [1.807, 2.05) is 31.2 Å². The van der Waals surface area contributed by atoms with E-state index in [1.54, 1.807) is 12.1 Å². The zero-order valence-electron chi connectivity index (χ0n) is 12.3. The first-order chi connectivity index (χ1) is 10.8. The van der Waals surface area contributed by atoms with Crippen molar-refractivity contribution in [3.05, 3.63) is 65.5 Å². The minimum Gasteiger partial charge on any atom is -0.323 e. The van der Waals surface area contributed by atoms with E-state index >= 15 is 0 Å². The first-order valence-corrected chi connectivity index (χ1v) is 7.45. The molecule has 2 aromatic rings. The molecule has 4 rings (SSSR count). The maximum Gasteiger partial charge on any atom is 0.132 e. The van der Waals surface area contributed by atoms with Gasteiger partial charge in [-0.2, -0.15) is 0 Å². The maximum absolute atomic E-state index is 14.2. The number of fused-ring (bicyclic) bond motifs is 3. The van der Waals surface area contributed by atoms with Gasteiger partial charge < -0.3 is 4.90 Å². The van der Waals surface area contributed by atoms with Gasteiger partial charge in [-0.3, -0.25) is 9.98 Å². The quantitative estimate of drug-likeness (QED) is 0.793. The van der Waals surface area contributed by atoms with Crippen molar-refractivity contribution in [3.63, 3.8) is 0 Å². The van der Waals surface area contributed by atoms with Crippen molar-refractivity contribution in [1.29, 1.82) is 0 Å². The van der Waals surface area contributed by atoms with E-state index in [2.05, 4.69) is 16.0 Å². The van der Waals surface area contributed by atoms with Crippen LogP contribution in [0.2, 0.25) is 0 Å². The summed E-state index contributed by atoms with van der Waals surface area (Å²) in [7, 11) is 0. The molecule has 0 aromatic heterocycles. The van der Waals surface area contributed by atoms with Gasteiger partial charge in [-0.25, -0.2) is 4.39 Å². The van der Waals surface area contributed by atoms with Gasteiger partial charge in [0, 0.05) is 11.1 Å². The van der Waals surface area contributed by atoms with Gasteiger partial charge in [0.25, 0.3) is 0 Å². The maximum atomic E-state index is 14.2. The number of para-hydroxylation sites is 1. The number of hydrogen-bond acceptors (Lipinski definition) is 3. The van der Waals surface area contributed by atoms with Crippen molar-refractivity contribution in [2.75, 3.05) is 18.0 Å². The molecule has 0 spiro atoms. The average molecular weight is 293 g/mol. The molecule has 0 bridgehead atoms. The molecule has 0 fully saturated rings. The summed E-state index contributed by atoms with van der Waals surface area (Å²) < 4.78 is 14.2. The first-order valence-electron chi connectivity index (χ1n) is 7.45. The number of anilines is 1. The molecule has 110 valence electrons. The number of benzene rings is 2. The summed E-state index contributed by atoms with van der Waals surface area (Å²) in [5.41, 5.74) is 3.32. The molecule has 1 unspecified atom stereocenters.